The van der Waals surface area contributed by atoms with Gasteiger partial charge in [-0.2, -0.15) is 18.3 Å². The van der Waals surface area contributed by atoms with E-state index >= 15 is 0 Å². The molecule has 0 spiro atoms. The van der Waals surface area contributed by atoms with Crippen molar-refractivity contribution >= 4 is 44.3 Å². The fourth-order valence-electron chi connectivity index (χ4n) is 4.63. The number of rotatable bonds is 8. The average Bonchev–Trinajstić information content (AvgIpc) is 3.23. The molecule has 0 radical (unpaired) electrons. The van der Waals surface area contributed by atoms with Gasteiger partial charge in [0.2, 0.25) is 5.91 Å². The normalized spacial score (nSPS) is 11.5. The molecular weight excluding hydrogens is 625 g/mol. The van der Waals surface area contributed by atoms with E-state index in [1.165, 1.54) is 6.07 Å². The molecule has 0 aliphatic heterocycles. The summed E-state index contributed by atoms with van der Waals surface area (Å²) in [7, 11) is 0. The van der Waals surface area contributed by atoms with Crippen LogP contribution in [0.2, 0.25) is 0 Å². The van der Waals surface area contributed by atoms with E-state index in [2.05, 4.69) is 41.6 Å². The van der Waals surface area contributed by atoms with Crippen LogP contribution in [0.25, 0.3) is 10.9 Å². The van der Waals surface area contributed by atoms with Crippen molar-refractivity contribution in [1.29, 1.82) is 0 Å². The number of pyridine rings is 2. The summed E-state index contributed by atoms with van der Waals surface area (Å²) in [5, 5.41) is 10.5. The number of hydrogen-bond donors (Lipinski definition) is 2. The van der Waals surface area contributed by atoms with E-state index in [4.69, 9.17) is 0 Å². The van der Waals surface area contributed by atoms with Crippen molar-refractivity contribution in [2.45, 2.75) is 39.5 Å². The number of fused-ring (bicyclic) bond motifs is 1. The van der Waals surface area contributed by atoms with Gasteiger partial charge in [0.25, 0.3) is 5.91 Å². The Balaban J connectivity index is 1.29. The van der Waals surface area contributed by atoms with E-state index in [1.807, 2.05) is 36.4 Å². The highest BCUT2D eigenvalue weighted by molar-refractivity contribution is 9.10. The summed E-state index contributed by atoms with van der Waals surface area (Å²) in [6.45, 7) is 4.28. The number of halogens is 4. The van der Waals surface area contributed by atoms with Gasteiger partial charge in [0.1, 0.15) is 5.69 Å². The van der Waals surface area contributed by atoms with Crippen LogP contribution in [-0.2, 0) is 30.5 Å². The van der Waals surface area contributed by atoms with Crippen LogP contribution in [0.1, 0.15) is 44.1 Å². The second kappa shape index (κ2) is 12.3. The van der Waals surface area contributed by atoms with Crippen LogP contribution in [0.15, 0.2) is 77.5 Å². The maximum absolute atomic E-state index is 13.6. The van der Waals surface area contributed by atoms with Gasteiger partial charge in [-0.3, -0.25) is 19.3 Å². The summed E-state index contributed by atoms with van der Waals surface area (Å²) < 4.78 is 43.0. The average molecular weight is 651 g/mol. The Morgan fingerprint density at radius 1 is 0.977 bits per heavy atom. The summed E-state index contributed by atoms with van der Waals surface area (Å²) >= 11 is 3.31. The van der Waals surface area contributed by atoms with Crippen molar-refractivity contribution in [3.63, 3.8) is 0 Å². The molecule has 0 unspecified atom stereocenters. The number of nitrogens with zero attached hydrogens (tertiary/aromatic N) is 4. The van der Waals surface area contributed by atoms with Gasteiger partial charge >= 0.3 is 6.18 Å². The molecule has 5 aromatic rings. The number of carbonyl (C=O) groups is 2. The quantitative estimate of drug-likeness (QED) is 0.203. The molecule has 0 aliphatic carbocycles. The highest BCUT2D eigenvalue weighted by Gasteiger charge is 2.34. The Morgan fingerprint density at radius 3 is 2.42 bits per heavy atom. The molecule has 0 fully saturated rings. The Labute approximate surface area is 253 Å². The van der Waals surface area contributed by atoms with Crippen LogP contribution in [0.3, 0.4) is 0 Å². The molecule has 43 heavy (non-hydrogen) atoms. The first-order valence-corrected chi connectivity index (χ1v) is 14.0. The van der Waals surface area contributed by atoms with Crippen LogP contribution in [0, 0.1) is 13.8 Å². The van der Waals surface area contributed by atoms with Crippen molar-refractivity contribution in [2.75, 3.05) is 5.32 Å². The molecule has 0 aliphatic rings. The minimum absolute atomic E-state index is 0.0572. The summed E-state index contributed by atoms with van der Waals surface area (Å²) in [5.41, 5.74) is 3.02. The monoisotopic (exact) mass is 650 g/mol. The van der Waals surface area contributed by atoms with Crippen molar-refractivity contribution in [2.24, 2.45) is 0 Å². The maximum Gasteiger partial charge on any atom is 0.433 e. The lowest BCUT2D eigenvalue weighted by atomic mass is 10.1. The van der Waals surface area contributed by atoms with Crippen molar-refractivity contribution < 1.29 is 22.8 Å². The lowest BCUT2D eigenvalue weighted by Gasteiger charge is -2.13. The Morgan fingerprint density at radius 2 is 1.72 bits per heavy atom. The van der Waals surface area contributed by atoms with Crippen molar-refractivity contribution in [3.05, 3.63) is 117 Å². The number of nitrogens with one attached hydrogen (secondary N) is 2. The number of alkyl halides is 3. The van der Waals surface area contributed by atoms with E-state index in [0.29, 0.717) is 34.6 Å². The van der Waals surface area contributed by atoms with Gasteiger partial charge < -0.3 is 10.6 Å². The highest BCUT2D eigenvalue weighted by Crippen LogP contribution is 2.32. The second-order valence-electron chi connectivity index (χ2n) is 10.0. The number of benzene rings is 2. The Kier molecular flexibility index (Phi) is 8.58. The minimum Gasteiger partial charge on any atom is -0.352 e. The summed E-state index contributed by atoms with van der Waals surface area (Å²) in [6.07, 6.45) is -1.11. The van der Waals surface area contributed by atoms with Gasteiger partial charge in [0.05, 0.1) is 41.1 Å². The lowest BCUT2D eigenvalue weighted by molar-refractivity contribution is -0.141. The Hall–Kier alpha value is -4.58. The predicted octanol–water partition coefficient (Wildman–Crippen LogP) is 6.38. The third kappa shape index (κ3) is 7.08. The van der Waals surface area contributed by atoms with Crippen LogP contribution in [-0.4, -0.2) is 31.6 Å². The lowest BCUT2D eigenvalue weighted by Crippen LogP contribution is -2.24. The first kappa shape index (κ1) is 29.9. The molecule has 2 N–H and O–H groups in total. The van der Waals surface area contributed by atoms with E-state index in [9.17, 15) is 22.8 Å². The number of carbonyl (C=O) groups excluding carboxylic acids is 2. The van der Waals surface area contributed by atoms with Crippen molar-refractivity contribution in [3.8, 4) is 0 Å². The van der Waals surface area contributed by atoms with E-state index in [0.717, 1.165) is 22.8 Å². The van der Waals surface area contributed by atoms with E-state index in [-0.39, 0.29) is 28.8 Å². The van der Waals surface area contributed by atoms with E-state index < -0.39 is 17.8 Å². The SMILES string of the molecule is Cc1nn(Cc2ccc(CC(=O)NCc3cccnc3)cc2)c(C)c1NC(=O)c1cc(C(F)(F)F)nc2ccc(Br)cc12. The first-order chi connectivity index (χ1) is 20.5. The first-order valence-electron chi connectivity index (χ1n) is 13.2. The highest BCUT2D eigenvalue weighted by atomic mass is 79.9. The molecule has 2 amide bonds. The minimum atomic E-state index is -4.72. The number of hydrogen-bond acceptors (Lipinski definition) is 5. The summed E-state index contributed by atoms with van der Waals surface area (Å²) in [6, 6.07) is 16.6. The number of anilines is 1. The van der Waals surface area contributed by atoms with Gasteiger partial charge in [-0.05, 0) is 60.9 Å². The molecule has 2 aromatic carbocycles. The van der Waals surface area contributed by atoms with Gasteiger partial charge in [-0.15, -0.1) is 0 Å². The molecule has 220 valence electrons. The standard InChI is InChI=1S/C31H26BrF3N6O2/c1-18-29(39-30(43)25-14-27(31(33,34)35)38-26-10-9-23(32)13-24(25)26)19(2)41(40-18)17-21-7-5-20(6-8-21)12-28(42)37-16-22-4-3-11-36-15-22/h3-11,13-15H,12,16-17H2,1-2H3,(H,37,42)(H,39,43). The zero-order chi connectivity index (χ0) is 30.7. The molecule has 12 heteroatoms. The van der Waals surface area contributed by atoms with Crippen LogP contribution in [0.5, 0.6) is 0 Å². The Bertz CT molecular complexity index is 1810. The smallest absolute Gasteiger partial charge is 0.352 e. The largest absolute Gasteiger partial charge is 0.433 e. The molecule has 8 nitrogen and oxygen atoms in total. The molecule has 0 saturated heterocycles. The fourth-order valence-corrected chi connectivity index (χ4v) is 4.99. The molecule has 5 rings (SSSR count). The summed E-state index contributed by atoms with van der Waals surface area (Å²) in [5.74, 6) is -0.805. The van der Waals surface area contributed by atoms with Gasteiger partial charge in [0, 0.05) is 28.8 Å². The molecule has 3 heterocycles. The maximum atomic E-state index is 13.6. The van der Waals surface area contributed by atoms with Crippen LogP contribution >= 0.6 is 15.9 Å². The van der Waals surface area contributed by atoms with Gasteiger partial charge in [-0.1, -0.05) is 46.3 Å². The number of amides is 2. The van der Waals surface area contributed by atoms with Crippen LogP contribution in [0.4, 0.5) is 18.9 Å². The van der Waals surface area contributed by atoms with Gasteiger partial charge in [-0.25, -0.2) is 4.98 Å². The topological polar surface area (TPSA) is 102 Å². The summed E-state index contributed by atoms with van der Waals surface area (Å²) in [4.78, 5) is 33.4. The zero-order valence-electron chi connectivity index (χ0n) is 23.2. The van der Waals surface area contributed by atoms with E-state index in [1.54, 1.807) is 43.1 Å². The molecule has 3 aromatic heterocycles. The van der Waals surface area contributed by atoms with Gasteiger partial charge in [0.15, 0.2) is 0 Å². The number of aromatic nitrogens is 4. The fraction of sp³-hybridized carbons (Fsp3) is 0.194. The van der Waals surface area contributed by atoms with Crippen molar-refractivity contribution in [1.82, 2.24) is 25.1 Å². The molecule has 0 atom stereocenters. The molecular formula is C31H26BrF3N6O2. The zero-order valence-corrected chi connectivity index (χ0v) is 24.8. The van der Waals surface area contributed by atoms with Crippen LogP contribution < -0.4 is 10.6 Å². The molecule has 0 saturated carbocycles. The third-order valence-corrected chi connectivity index (χ3v) is 7.35. The predicted molar refractivity (Wildman–Crippen MR) is 159 cm³/mol. The second-order valence-corrected chi connectivity index (χ2v) is 10.9. The number of aryl methyl sites for hydroxylation is 1. The third-order valence-electron chi connectivity index (χ3n) is 6.86. The molecule has 0 bridgehead atoms.